The highest BCUT2D eigenvalue weighted by molar-refractivity contribution is 6.74. The largest absolute Gasteiger partial charge is 0.506 e. The molecule has 0 saturated carbocycles. The van der Waals surface area contributed by atoms with Gasteiger partial charge in [0.1, 0.15) is 5.75 Å². The van der Waals surface area contributed by atoms with Gasteiger partial charge in [0.15, 0.2) is 13.9 Å². The number of hydrogen-bond donors (Lipinski definition) is 4. The van der Waals surface area contributed by atoms with Crippen molar-refractivity contribution in [1.29, 1.82) is 0 Å². The summed E-state index contributed by atoms with van der Waals surface area (Å²) in [6, 6.07) is 28.7. The predicted molar refractivity (Wildman–Crippen MR) is 248 cm³/mol. The fourth-order valence-corrected chi connectivity index (χ4v) is 10.4. The number of aromatic amines is 1. The van der Waals surface area contributed by atoms with Crippen molar-refractivity contribution in [2.24, 2.45) is 5.92 Å². The van der Waals surface area contributed by atoms with Gasteiger partial charge in [-0.15, -0.1) is 0 Å². The molecule has 62 heavy (non-hydrogen) atoms. The summed E-state index contributed by atoms with van der Waals surface area (Å²) in [7, 11) is -2.23. The van der Waals surface area contributed by atoms with E-state index >= 15 is 0 Å². The summed E-state index contributed by atoms with van der Waals surface area (Å²) in [6.07, 6.45) is 2.80. The number of carbonyl (C=O) groups is 1. The maximum absolute atomic E-state index is 13.2. The van der Waals surface area contributed by atoms with Gasteiger partial charge in [-0.2, -0.15) is 0 Å². The van der Waals surface area contributed by atoms with Crippen LogP contribution in [0, 0.1) is 5.92 Å². The predicted octanol–water partition coefficient (Wildman–Crippen LogP) is 8.92. The molecule has 3 aliphatic heterocycles. The Hall–Kier alpha value is -5.47. The highest BCUT2D eigenvalue weighted by Crippen LogP contribution is 2.42. The van der Waals surface area contributed by atoms with Gasteiger partial charge in [0.25, 0.3) is 0 Å². The Labute approximate surface area is 363 Å². The van der Waals surface area contributed by atoms with Gasteiger partial charge < -0.3 is 34.3 Å². The lowest BCUT2D eigenvalue weighted by molar-refractivity contribution is 0.0837. The first-order valence-electron chi connectivity index (χ1n) is 22.0. The van der Waals surface area contributed by atoms with E-state index in [1.807, 2.05) is 66.7 Å². The molecule has 5 heterocycles. The second kappa shape index (κ2) is 17.7. The summed E-state index contributed by atoms with van der Waals surface area (Å²) in [4.78, 5) is 45.2. The van der Waals surface area contributed by atoms with Gasteiger partial charge in [0.05, 0.1) is 28.9 Å². The van der Waals surface area contributed by atoms with Gasteiger partial charge in [0.2, 0.25) is 5.56 Å². The van der Waals surface area contributed by atoms with Crippen LogP contribution in [0.5, 0.6) is 5.75 Å². The number of aryl methyl sites for hydroxylation is 2. The Kier molecular flexibility index (Phi) is 12.3. The van der Waals surface area contributed by atoms with E-state index in [-0.39, 0.29) is 28.5 Å². The minimum Gasteiger partial charge on any atom is -0.506 e. The van der Waals surface area contributed by atoms with E-state index in [9.17, 15) is 24.6 Å². The number of piperidine rings is 3. The molecule has 326 valence electrons. The van der Waals surface area contributed by atoms with Crippen molar-refractivity contribution in [2.45, 2.75) is 89.7 Å². The van der Waals surface area contributed by atoms with Crippen molar-refractivity contribution in [2.75, 3.05) is 37.6 Å². The minimum absolute atomic E-state index is 0.0166. The zero-order chi connectivity index (χ0) is 43.8. The van der Waals surface area contributed by atoms with E-state index in [0.717, 1.165) is 76.9 Å². The zero-order valence-corrected chi connectivity index (χ0v) is 37.4. The van der Waals surface area contributed by atoms with Crippen LogP contribution in [0.1, 0.15) is 62.8 Å². The molecular formula is C49H59N5O7Si. The maximum Gasteiger partial charge on any atom is 0.419 e. The molecule has 0 spiro atoms. The van der Waals surface area contributed by atoms with Crippen LogP contribution in [0.2, 0.25) is 18.1 Å². The average molecular weight is 858 g/mol. The van der Waals surface area contributed by atoms with Crippen LogP contribution in [0.15, 0.2) is 105 Å². The number of aromatic nitrogens is 2. The monoisotopic (exact) mass is 857 g/mol. The van der Waals surface area contributed by atoms with Crippen molar-refractivity contribution in [3.05, 3.63) is 129 Å². The van der Waals surface area contributed by atoms with Gasteiger partial charge in [-0.05, 0) is 128 Å². The first kappa shape index (κ1) is 43.2. The molecule has 0 radical (unpaired) electrons. The third-order valence-electron chi connectivity index (χ3n) is 13.6. The molecule has 4 aromatic carbocycles. The summed E-state index contributed by atoms with van der Waals surface area (Å²) in [5.74, 6) is -0.0426. The Morgan fingerprint density at radius 2 is 1.71 bits per heavy atom. The van der Waals surface area contributed by atoms with Crippen LogP contribution >= 0.6 is 0 Å². The number of fused-ring (bicyclic) bond motifs is 5. The SMILES string of the molecule is CC(C)(C)[Si](C)(C)O[C@@H](CNCCc1ccc2c(c1)oc(=O)n2CCCc1ccc(-c2ccccc2)c(N(C(=O)O)C2CN3CCC2CC3)c1)c1ccc(O)c2[nH]c(=O)ccc12. The number of pyridine rings is 1. The number of H-pyrrole nitrogens is 1. The number of benzene rings is 4. The van der Waals surface area contributed by atoms with Crippen LogP contribution in [-0.2, 0) is 23.8 Å². The molecule has 6 aromatic rings. The molecule has 2 atom stereocenters. The lowest BCUT2D eigenvalue weighted by Gasteiger charge is -2.48. The van der Waals surface area contributed by atoms with Gasteiger partial charge in [0, 0.05) is 36.7 Å². The lowest BCUT2D eigenvalue weighted by Crippen LogP contribution is -2.59. The summed E-state index contributed by atoms with van der Waals surface area (Å²) >= 11 is 0. The number of phenolic OH excluding ortho intramolecular Hbond substituents is 1. The number of nitrogens with one attached hydrogen (secondary N) is 2. The fraction of sp³-hybridized carbons (Fsp3) is 0.408. The quantitative estimate of drug-likeness (QED) is 0.0586. The molecular weight excluding hydrogens is 799 g/mol. The van der Waals surface area contributed by atoms with E-state index in [0.29, 0.717) is 55.9 Å². The molecule has 2 bridgehead atoms. The molecule has 1 amide bonds. The van der Waals surface area contributed by atoms with Crippen molar-refractivity contribution < 1.29 is 23.9 Å². The van der Waals surface area contributed by atoms with E-state index < -0.39 is 20.2 Å². The number of oxazole rings is 1. The lowest BCUT2D eigenvalue weighted by atomic mass is 9.82. The Morgan fingerprint density at radius 1 is 0.968 bits per heavy atom. The standard InChI is InChI=1S/C49H59N5O7Si/c1-49(2,3)62(4,5)61-44(37-16-19-42(55)46-38(37)17-20-45(56)51-46)30-50-24-21-33-14-18-39-43(29-33)60-48(59)53(39)25-9-10-32-13-15-36(34-11-7-6-8-12-34)40(28-32)54(47(57)58)41-31-52-26-22-35(41)23-27-52/h6-8,11-20,28-29,35,41,44,50,55H,9-10,21-27,30-31H2,1-5H3,(H,51,56)(H,57,58)/t41?,44-/m0/s1. The number of aromatic hydroxyl groups is 1. The summed E-state index contributed by atoms with van der Waals surface area (Å²) in [5.41, 5.74) is 6.95. The van der Waals surface area contributed by atoms with Crippen molar-refractivity contribution in [3.8, 4) is 16.9 Å². The van der Waals surface area contributed by atoms with Crippen molar-refractivity contribution in [1.82, 2.24) is 19.8 Å². The van der Waals surface area contributed by atoms with Crippen LogP contribution in [-0.4, -0.2) is 77.8 Å². The van der Waals surface area contributed by atoms with Gasteiger partial charge >= 0.3 is 11.8 Å². The molecule has 13 heteroatoms. The smallest absolute Gasteiger partial charge is 0.419 e. The number of amides is 1. The Balaban J connectivity index is 0.944. The molecule has 4 N–H and O–H groups in total. The third kappa shape index (κ3) is 9.03. The molecule has 3 aliphatic rings. The number of nitrogens with zero attached hydrogens (tertiary/aromatic N) is 3. The van der Waals surface area contributed by atoms with Crippen LogP contribution in [0.3, 0.4) is 0 Å². The second-order valence-electron chi connectivity index (χ2n) is 18.6. The zero-order valence-electron chi connectivity index (χ0n) is 36.4. The summed E-state index contributed by atoms with van der Waals surface area (Å²) < 4.78 is 14.4. The van der Waals surface area contributed by atoms with E-state index in [1.165, 1.54) is 6.07 Å². The highest BCUT2D eigenvalue weighted by Gasteiger charge is 2.41. The molecule has 3 saturated heterocycles. The van der Waals surface area contributed by atoms with Crippen molar-refractivity contribution >= 4 is 42.1 Å². The molecule has 2 aromatic heterocycles. The molecule has 0 aliphatic carbocycles. The normalized spacial score (nSPS) is 18.4. The summed E-state index contributed by atoms with van der Waals surface area (Å²) in [6.45, 7) is 15.5. The first-order valence-corrected chi connectivity index (χ1v) is 24.9. The number of phenols is 1. The number of rotatable bonds is 15. The van der Waals surface area contributed by atoms with E-state index in [4.69, 9.17) is 8.84 Å². The average Bonchev–Trinajstić information content (AvgIpc) is 3.56. The summed E-state index contributed by atoms with van der Waals surface area (Å²) in [5, 5.41) is 25.5. The molecule has 3 fully saturated rings. The van der Waals surface area contributed by atoms with Crippen LogP contribution in [0.25, 0.3) is 33.1 Å². The van der Waals surface area contributed by atoms with Crippen LogP contribution in [0.4, 0.5) is 10.5 Å². The van der Waals surface area contributed by atoms with E-state index in [2.05, 4.69) is 55.1 Å². The van der Waals surface area contributed by atoms with E-state index in [1.54, 1.807) is 21.6 Å². The Bertz CT molecular complexity index is 2680. The fourth-order valence-electron chi connectivity index (χ4n) is 9.12. The third-order valence-corrected chi connectivity index (χ3v) is 18.0. The first-order chi connectivity index (χ1) is 29.7. The molecule has 9 rings (SSSR count). The number of carboxylic acid groups (broad SMARTS) is 1. The van der Waals surface area contributed by atoms with Gasteiger partial charge in [-0.25, -0.2) is 9.59 Å². The van der Waals surface area contributed by atoms with Gasteiger partial charge in [-0.3, -0.25) is 14.3 Å². The second-order valence-corrected chi connectivity index (χ2v) is 23.4. The van der Waals surface area contributed by atoms with Gasteiger partial charge in [-0.1, -0.05) is 75.4 Å². The molecule has 1 unspecified atom stereocenters. The molecule has 12 nitrogen and oxygen atoms in total. The highest BCUT2D eigenvalue weighted by atomic mass is 28.4. The number of hydrogen-bond acceptors (Lipinski definition) is 8. The Morgan fingerprint density at radius 3 is 2.42 bits per heavy atom. The van der Waals surface area contributed by atoms with Crippen molar-refractivity contribution in [3.63, 3.8) is 0 Å². The number of anilines is 1. The maximum atomic E-state index is 13.2. The minimum atomic E-state index is -2.23. The van der Waals surface area contributed by atoms with Crippen LogP contribution < -0.4 is 21.5 Å². The topological polar surface area (TPSA) is 153 Å².